The van der Waals surface area contributed by atoms with Gasteiger partial charge in [-0.25, -0.2) is 18.5 Å². The average molecular weight is 758 g/mol. The smallest absolute Gasteiger partial charge is 0.430 e. The number of phenolic OH excluding ortho intramolecular Hbond substituents is 1. The number of benzene rings is 3. The zero-order valence-electron chi connectivity index (χ0n) is 28.6. The number of ether oxygens (including phenoxy) is 1. The highest BCUT2D eigenvalue weighted by atomic mass is 32.1. The van der Waals surface area contributed by atoms with E-state index in [-0.39, 0.29) is 30.6 Å². The molecular weight excluding hydrogens is 722 g/mol. The van der Waals surface area contributed by atoms with E-state index >= 15 is 0 Å². The van der Waals surface area contributed by atoms with Gasteiger partial charge in [-0.3, -0.25) is 4.79 Å². The van der Waals surface area contributed by atoms with Gasteiger partial charge in [0.15, 0.2) is 5.69 Å². The van der Waals surface area contributed by atoms with E-state index in [1.54, 1.807) is 73.7 Å². The summed E-state index contributed by atoms with van der Waals surface area (Å²) >= 11 is 1.57. The van der Waals surface area contributed by atoms with E-state index in [0.717, 1.165) is 21.1 Å². The standard InChI is InChI=1S/C34H34FN5O5S.C2HF3O2/c1-21(2)45-32(43)25-8-12-27(13-9-25)37-33(44)40(30(31(36)42)16-23-6-14-29(41)15-7-23)20-28-19-38-17-22(3)46-34(38)39(28)18-24-4-10-26(35)11-5-24;3-2(4,5)1(6)7/h4-15,17,19,21,30H,16,18,20H2,1-3H3,(H3-,36,37,41,42,43,44);(H,6,7)/t30-;/m0./s1. The molecule has 0 bridgehead atoms. The molecule has 0 saturated carbocycles. The van der Waals surface area contributed by atoms with E-state index in [1.807, 2.05) is 28.3 Å². The Balaban J connectivity index is 0.000000815. The molecule has 0 saturated heterocycles. The van der Waals surface area contributed by atoms with E-state index in [0.29, 0.717) is 23.4 Å². The summed E-state index contributed by atoms with van der Waals surface area (Å²) in [4.78, 5) is 51.4. The number of aromatic nitrogens is 2. The number of hydrogen-bond donors (Lipinski definition) is 3. The second kappa shape index (κ2) is 17.0. The lowest BCUT2D eigenvalue weighted by atomic mass is 10.0. The first kappa shape index (κ1) is 39.8. The van der Waals surface area contributed by atoms with Crippen LogP contribution < -0.4 is 20.6 Å². The first-order valence-corrected chi connectivity index (χ1v) is 16.7. The number of carbonyl (C=O) groups excluding carboxylic acids is 4. The Labute approximate surface area is 304 Å². The molecule has 53 heavy (non-hydrogen) atoms. The molecule has 1 atom stereocenters. The van der Waals surface area contributed by atoms with Gasteiger partial charge in [0.2, 0.25) is 5.91 Å². The van der Waals surface area contributed by atoms with Crippen molar-refractivity contribution in [3.8, 4) is 5.75 Å². The van der Waals surface area contributed by atoms with Gasteiger partial charge < -0.3 is 35.7 Å². The maximum absolute atomic E-state index is 14.0. The highest BCUT2D eigenvalue weighted by Crippen LogP contribution is 2.23. The predicted molar refractivity (Wildman–Crippen MR) is 183 cm³/mol. The van der Waals surface area contributed by atoms with E-state index in [4.69, 9.17) is 20.4 Å². The van der Waals surface area contributed by atoms with Gasteiger partial charge in [-0.05, 0) is 80.4 Å². The van der Waals surface area contributed by atoms with Crippen LogP contribution in [0.25, 0.3) is 4.96 Å². The maximum atomic E-state index is 14.0. The molecule has 3 aromatic carbocycles. The van der Waals surface area contributed by atoms with Crippen molar-refractivity contribution in [2.75, 3.05) is 5.32 Å². The predicted octanol–water partition coefficient (Wildman–Crippen LogP) is 4.48. The summed E-state index contributed by atoms with van der Waals surface area (Å²) in [7, 11) is 0. The number of carboxylic acids is 1. The zero-order valence-corrected chi connectivity index (χ0v) is 29.4. The molecule has 0 aliphatic rings. The summed E-state index contributed by atoms with van der Waals surface area (Å²) in [5.74, 6) is -4.47. The number of aromatic hydroxyl groups is 1. The minimum Gasteiger partial charge on any atom is -0.542 e. The quantitative estimate of drug-likeness (QED) is 0.101. The number of esters is 1. The molecule has 17 heteroatoms. The second-order valence-electron chi connectivity index (χ2n) is 12.0. The number of fused-ring (bicyclic) bond motifs is 1. The van der Waals surface area contributed by atoms with Crippen molar-refractivity contribution in [2.24, 2.45) is 5.73 Å². The minimum atomic E-state index is -5.19. The Morgan fingerprint density at radius 3 is 2.11 bits per heavy atom. The second-order valence-corrected chi connectivity index (χ2v) is 13.2. The van der Waals surface area contributed by atoms with Crippen LogP contribution in [0.4, 0.5) is 28.0 Å². The fourth-order valence-electron chi connectivity index (χ4n) is 5.07. The van der Waals surface area contributed by atoms with Crippen LogP contribution in [0.1, 0.15) is 45.9 Å². The number of primary amides is 1. The van der Waals surface area contributed by atoms with Gasteiger partial charge in [-0.15, -0.1) is 0 Å². The number of carboxylic acid groups (broad SMARTS) is 1. The van der Waals surface area contributed by atoms with E-state index < -0.39 is 36.1 Å². The lowest BCUT2D eigenvalue weighted by molar-refractivity contribution is -0.506. The van der Waals surface area contributed by atoms with Crippen LogP contribution in [0.15, 0.2) is 85.2 Å². The molecule has 2 aromatic heterocycles. The normalized spacial score (nSPS) is 11.8. The Morgan fingerprint density at radius 1 is 0.981 bits per heavy atom. The number of anilines is 1. The number of nitrogens with one attached hydrogen (secondary N) is 1. The molecule has 12 nitrogen and oxygen atoms in total. The Morgan fingerprint density at radius 2 is 1.57 bits per heavy atom. The molecule has 280 valence electrons. The summed E-state index contributed by atoms with van der Waals surface area (Å²) in [5, 5.41) is 21.4. The van der Waals surface area contributed by atoms with Crippen molar-refractivity contribution < 1.29 is 56.1 Å². The molecule has 0 aliphatic carbocycles. The maximum Gasteiger partial charge on any atom is 0.430 e. The van der Waals surface area contributed by atoms with Crippen LogP contribution in [-0.4, -0.2) is 56.8 Å². The summed E-state index contributed by atoms with van der Waals surface area (Å²) in [6, 6.07) is 17.2. The minimum absolute atomic E-state index is 0.00492. The number of thiazole rings is 1. The molecule has 0 spiro atoms. The van der Waals surface area contributed by atoms with Crippen molar-refractivity contribution in [1.82, 2.24) is 9.47 Å². The number of carbonyl (C=O) groups is 4. The van der Waals surface area contributed by atoms with Gasteiger partial charge in [0.05, 0.1) is 18.2 Å². The number of imidazole rings is 1. The fourth-order valence-corrected chi connectivity index (χ4v) is 6.02. The number of aliphatic carboxylic acids is 1. The number of nitrogens with zero attached hydrogens (tertiary/aromatic N) is 3. The number of rotatable bonds is 11. The number of amides is 3. The first-order chi connectivity index (χ1) is 24.9. The lowest BCUT2D eigenvalue weighted by Gasteiger charge is -2.29. The van der Waals surface area contributed by atoms with Crippen LogP contribution in [-0.2, 0) is 33.8 Å². The monoisotopic (exact) mass is 757 g/mol. The Hall–Kier alpha value is -5.97. The molecule has 0 fully saturated rings. The van der Waals surface area contributed by atoms with Gasteiger partial charge in [0.1, 0.15) is 42.5 Å². The summed E-state index contributed by atoms with van der Waals surface area (Å²) in [5.41, 5.74) is 8.93. The topological polar surface area (TPSA) is 171 Å². The summed E-state index contributed by atoms with van der Waals surface area (Å²) < 4.78 is 54.5. The van der Waals surface area contributed by atoms with Crippen molar-refractivity contribution in [3.63, 3.8) is 0 Å². The van der Waals surface area contributed by atoms with Gasteiger partial charge in [0.25, 0.3) is 0 Å². The summed E-state index contributed by atoms with van der Waals surface area (Å²) in [6.45, 7) is 5.91. The van der Waals surface area contributed by atoms with E-state index in [1.165, 1.54) is 29.2 Å². The molecule has 0 aliphatic heterocycles. The van der Waals surface area contributed by atoms with E-state index in [2.05, 4.69) is 5.32 Å². The number of alkyl halides is 3. The molecule has 3 amide bonds. The van der Waals surface area contributed by atoms with Gasteiger partial charge in [-0.1, -0.05) is 35.6 Å². The molecule has 5 rings (SSSR count). The molecule has 4 N–H and O–H groups in total. The number of hydrogen-bond acceptors (Lipinski definition) is 8. The van der Waals surface area contributed by atoms with Crippen LogP contribution in [0.3, 0.4) is 0 Å². The SMILES string of the molecule is Cc1c[n+]2cc(CN(C(=O)Nc3ccc(C(=O)OC(C)C)cc3)[C@@H](Cc3ccc(O)cc3)C(N)=O)n(Cc3ccc(F)cc3)c2s1.O=C([O-])C(F)(F)F. The molecular formula is C36H35F4N5O7S. The van der Waals surface area contributed by atoms with Crippen molar-refractivity contribution in [1.29, 1.82) is 0 Å². The van der Waals surface area contributed by atoms with Crippen molar-refractivity contribution in [2.45, 2.75) is 58.6 Å². The molecule has 0 unspecified atom stereocenters. The highest BCUT2D eigenvalue weighted by Gasteiger charge is 2.33. The number of aryl methyl sites for hydroxylation is 1. The van der Waals surface area contributed by atoms with Crippen molar-refractivity contribution in [3.05, 3.63) is 118 Å². The third-order valence-corrected chi connectivity index (χ3v) is 8.56. The fraction of sp³-hybridized carbons (Fsp3) is 0.250. The molecule has 5 aromatic rings. The third-order valence-electron chi connectivity index (χ3n) is 7.52. The van der Waals surface area contributed by atoms with Crippen LogP contribution in [0.2, 0.25) is 0 Å². The van der Waals surface area contributed by atoms with Crippen LogP contribution in [0, 0.1) is 12.7 Å². The molecule has 0 radical (unpaired) electrons. The Bertz CT molecular complexity index is 2060. The van der Waals surface area contributed by atoms with Gasteiger partial charge in [0, 0.05) is 17.0 Å². The summed E-state index contributed by atoms with van der Waals surface area (Å²) in [6.07, 6.45) is -1.50. The first-order valence-electron chi connectivity index (χ1n) is 15.9. The number of urea groups is 1. The van der Waals surface area contributed by atoms with Gasteiger partial charge >= 0.3 is 23.1 Å². The Kier molecular flexibility index (Phi) is 12.8. The van der Waals surface area contributed by atoms with Crippen LogP contribution in [0.5, 0.6) is 5.75 Å². The highest BCUT2D eigenvalue weighted by molar-refractivity contribution is 7.16. The average Bonchev–Trinajstić information content (AvgIpc) is 3.59. The van der Waals surface area contributed by atoms with E-state index in [9.17, 15) is 37.1 Å². The molecule has 2 heterocycles. The van der Waals surface area contributed by atoms with Crippen molar-refractivity contribution >= 4 is 45.9 Å². The van der Waals surface area contributed by atoms with Gasteiger partial charge in [-0.2, -0.15) is 17.6 Å². The van der Waals surface area contributed by atoms with Crippen LogP contribution >= 0.6 is 11.3 Å². The zero-order chi connectivity index (χ0) is 39.0. The lowest BCUT2D eigenvalue weighted by Crippen LogP contribution is -2.50. The largest absolute Gasteiger partial charge is 0.542 e. The number of nitrogens with two attached hydrogens (primary N) is 1. The third kappa shape index (κ3) is 11.0. The number of halogens is 4. The number of phenols is 1.